The third-order valence-electron chi connectivity index (χ3n) is 4.09. The minimum Gasteiger partial charge on any atom is -0.454 e. The average molecular weight is 312 g/mol. The van der Waals surface area contributed by atoms with E-state index in [-0.39, 0.29) is 12.8 Å². The molecule has 0 bridgehead atoms. The van der Waals surface area contributed by atoms with Crippen LogP contribution in [-0.2, 0) is 0 Å². The van der Waals surface area contributed by atoms with Crippen molar-refractivity contribution in [3.05, 3.63) is 53.6 Å². The van der Waals surface area contributed by atoms with Crippen LogP contribution in [0, 0.1) is 0 Å². The number of ether oxygens (including phenoxy) is 2. The number of hydrogen-bond acceptors (Lipinski definition) is 3. The van der Waals surface area contributed by atoms with Crippen molar-refractivity contribution < 1.29 is 9.47 Å². The van der Waals surface area contributed by atoms with Crippen molar-refractivity contribution in [3.8, 4) is 11.5 Å². The smallest absolute Gasteiger partial charge is 0.231 e. The van der Waals surface area contributed by atoms with Crippen LogP contribution in [-0.4, -0.2) is 18.5 Å². The molecule has 5 heteroatoms. The Bertz CT molecular complexity index is 733. The zero-order valence-electron chi connectivity index (χ0n) is 12.2. The van der Waals surface area contributed by atoms with Crippen molar-refractivity contribution in [1.82, 2.24) is 5.32 Å². The molecule has 0 saturated heterocycles. The Morgan fingerprint density at radius 3 is 2.64 bits per heavy atom. The van der Waals surface area contributed by atoms with Gasteiger partial charge >= 0.3 is 0 Å². The average Bonchev–Trinajstić information content (AvgIpc) is 3.00. The van der Waals surface area contributed by atoms with Gasteiger partial charge in [0, 0.05) is 18.2 Å². The normalized spacial score (nSPS) is 18.9. The lowest BCUT2D eigenvalue weighted by Crippen LogP contribution is -2.46. The van der Waals surface area contributed by atoms with Crippen molar-refractivity contribution >= 4 is 23.0 Å². The molecule has 2 heterocycles. The van der Waals surface area contributed by atoms with Crippen molar-refractivity contribution in [2.75, 3.05) is 18.2 Å². The minimum absolute atomic E-state index is 0.0287. The first-order chi connectivity index (χ1) is 10.8. The maximum Gasteiger partial charge on any atom is 0.231 e. The number of fused-ring (bicyclic) bond motifs is 2. The number of hydrogen-bond donors (Lipinski definition) is 1. The van der Waals surface area contributed by atoms with Gasteiger partial charge in [-0.2, -0.15) is 0 Å². The van der Waals surface area contributed by atoms with E-state index in [9.17, 15) is 0 Å². The Labute approximate surface area is 134 Å². The van der Waals surface area contributed by atoms with Gasteiger partial charge in [0.05, 0.1) is 11.7 Å². The van der Waals surface area contributed by atoms with Crippen LogP contribution in [0.1, 0.15) is 24.1 Å². The Morgan fingerprint density at radius 2 is 1.91 bits per heavy atom. The molecule has 4 nitrogen and oxygen atoms in total. The van der Waals surface area contributed by atoms with Crippen LogP contribution in [0.2, 0.25) is 0 Å². The standard InChI is InChI=1S/C17H16N2O2S/c1-2-19-13-9-15-14(20-10-21-15)8-12(13)16(18-17(19)22)11-6-4-3-5-7-11/h3-9,16H,2,10H2,1H3,(H,18,22). The summed E-state index contributed by atoms with van der Waals surface area (Å²) in [6, 6.07) is 14.4. The second kappa shape index (κ2) is 5.18. The van der Waals surface area contributed by atoms with Gasteiger partial charge in [-0.25, -0.2) is 0 Å². The summed E-state index contributed by atoms with van der Waals surface area (Å²) in [6.45, 7) is 3.17. The zero-order chi connectivity index (χ0) is 15.1. The van der Waals surface area contributed by atoms with Crippen molar-refractivity contribution in [2.45, 2.75) is 13.0 Å². The molecule has 0 spiro atoms. The maximum absolute atomic E-state index is 5.55. The third-order valence-corrected chi connectivity index (χ3v) is 4.42. The second-order valence-electron chi connectivity index (χ2n) is 5.30. The molecule has 0 amide bonds. The van der Waals surface area contributed by atoms with Crippen molar-refractivity contribution in [1.29, 1.82) is 0 Å². The van der Waals surface area contributed by atoms with E-state index >= 15 is 0 Å². The molecule has 1 atom stereocenters. The highest BCUT2D eigenvalue weighted by molar-refractivity contribution is 7.80. The number of benzene rings is 2. The molecule has 112 valence electrons. The molecule has 0 saturated carbocycles. The lowest BCUT2D eigenvalue weighted by atomic mass is 9.94. The molecule has 2 aliphatic rings. The molecule has 2 aromatic carbocycles. The van der Waals surface area contributed by atoms with E-state index in [2.05, 4.69) is 35.3 Å². The molecule has 22 heavy (non-hydrogen) atoms. The van der Waals surface area contributed by atoms with E-state index in [1.54, 1.807) is 0 Å². The first kappa shape index (κ1) is 13.4. The minimum atomic E-state index is 0.0287. The van der Waals surface area contributed by atoms with Gasteiger partial charge in [-0.15, -0.1) is 0 Å². The van der Waals surface area contributed by atoms with E-state index < -0.39 is 0 Å². The Morgan fingerprint density at radius 1 is 1.18 bits per heavy atom. The van der Waals surface area contributed by atoms with Gasteiger partial charge in [0.2, 0.25) is 6.79 Å². The lowest BCUT2D eigenvalue weighted by molar-refractivity contribution is 0.174. The summed E-state index contributed by atoms with van der Waals surface area (Å²) in [5, 5.41) is 4.18. The van der Waals surface area contributed by atoms with Crippen LogP contribution in [0.15, 0.2) is 42.5 Å². The molecular weight excluding hydrogens is 296 g/mol. The van der Waals surface area contributed by atoms with Crippen LogP contribution in [0.5, 0.6) is 11.5 Å². The van der Waals surface area contributed by atoms with Gasteiger partial charge in [-0.1, -0.05) is 30.3 Å². The van der Waals surface area contributed by atoms with Crippen LogP contribution >= 0.6 is 12.2 Å². The molecule has 2 aliphatic heterocycles. The van der Waals surface area contributed by atoms with Gasteiger partial charge in [0.25, 0.3) is 0 Å². The number of anilines is 1. The highest BCUT2D eigenvalue weighted by Crippen LogP contribution is 2.43. The van der Waals surface area contributed by atoms with E-state index in [0.717, 1.165) is 34.4 Å². The largest absolute Gasteiger partial charge is 0.454 e. The molecular formula is C17H16N2O2S. The number of thiocarbonyl (C=S) groups is 1. The molecule has 0 fully saturated rings. The highest BCUT2D eigenvalue weighted by atomic mass is 32.1. The Hall–Kier alpha value is -2.27. The van der Waals surface area contributed by atoms with Crippen molar-refractivity contribution in [2.24, 2.45) is 0 Å². The summed E-state index contributed by atoms with van der Waals surface area (Å²) in [6.07, 6.45) is 0. The first-order valence-electron chi connectivity index (χ1n) is 7.34. The van der Waals surface area contributed by atoms with Crippen LogP contribution in [0.25, 0.3) is 0 Å². The summed E-state index contributed by atoms with van der Waals surface area (Å²) in [5.74, 6) is 1.58. The molecule has 4 rings (SSSR count). The topological polar surface area (TPSA) is 33.7 Å². The summed E-state index contributed by atoms with van der Waals surface area (Å²) in [4.78, 5) is 2.09. The third kappa shape index (κ3) is 2.01. The predicted octanol–water partition coefficient (Wildman–Crippen LogP) is 3.22. The summed E-state index contributed by atoms with van der Waals surface area (Å²) in [7, 11) is 0. The van der Waals surface area contributed by atoms with E-state index in [4.69, 9.17) is 21.7 Å². The summed E-state index contributed by atoms with van der Waals surface area (Å²) in [5.41, 5.74) is 3.43. The molecule has 0 radical (unpaired) electrons. The molecule has 2 aromatic rings. The van der Waals surface area contributed by atoms with Gasteiger partial charge in [0.15, 0.2) is 16.6 Å². The molecule has 0 aliphatic carbocycles. The van der Waals surface area contributed by atoms with Crippen LogP contribution in [0.3, 0.4) is 0 Å². The quantitative estimate of drug-likeness (QED) is 0.861. The summed E-state index contributed by atoms with van der Waals surface area (Å²) >= 11 is 5.55. The van der Waals surface area contributed by atoms with Crippen molar-refractivity contribution in [3.63, 3.8) is 0 Å². The second-order valence-corrected chi connectivity index (χ2v) is 5.69. The van der Waals surface area contributed by atoms with E-state index in [0.29, 0.717) is 0 Å². The Kier molecular flexibility index (Phi) is 3.15. The van der Waals surface area contributed by atoms with Gasteiger partial charge in [-0.05, 0) is 30.8 Å². The fourth-order valence-electron chi connectivity index (χ4n) is 3.02. The summed E-state index contributed by atoms with van der Waals surface area (Å²) < 4.78 is 11.1. The van der Waals surface area contributed by atoms with E-state index in [1.165, 1.54) is 5.56 Å². The van der Waals surface area contributed by atoms with Crippen LogP contribution in [0.4, 0.5) is 5.69 Å². The highest BCUT2D eigenvalue weighted by Gasteiger charge is 2.31. The first-order valence-corrected chi connectivity index (χ1v) is 7.75. The van der Waals surface area contributed by atoms with Gasteiger partial charge in [-0.3, -0.25) is 0 Å². The monoisotopic (exact) mass is 312 g/mol. The number of nitrogens with one attached hydrogen (secondary N) is 1. The predicted molar refractivity (Wildman–Crippen MR) is 89.6 cm³/mol. The fourth-order valence-corrected chi connectivity index (χ4v) is 3.37. The van der Waals surface area contributed by atoms with Gasteiger partial charge < -0.3 is 19.7 Å². The van der Waals surface area contributed by atoms with E-state index in [1.807, 2.05) is 24.3 Å². The molecule has 0 aromatic heterocycles. The SMILES string of the molecule is CCN1C(=S)NC(c2ccccc2)c2cc3c(cc21)OCO3. The Balaban J connectivity index is 1.89. The molecule has 1 unspecified atom stereocenters. The van der Waals surface area contributed by atoms with Gasteiger partial charge in [0.1, 0.15) is 0 Å². The fraction of sp³-hybridized carbons (Fsp3) is 0.235. The number of rotatable bonds is 2. The maximum atomic E-state index is 5.55. The lowest BCUT2D eigenvalue weighted by Gasteiger charge is -2.37. The number of nitrogens with zero attached hydrogens (tertiary/aromatic N) is 1. The molecule has 1 N–H and O–H groups in total. The zero-order valence-corrected chi connectivity index (χ0v) is 13.0. The van der Waals surface area contributed by atoms with Crippen LogP contribution < -0.4 is 19.7 Å².